The molecule has 2 aromatic carbocycles. The van der Waals surface area contributed by atoms with E-state index in [0.29, 0.717) is 5.56 Å². The molecule has 0 bridgehead atoms. The number of nitrogens with one attached hydrogen (secondary N) is 1. The zero-order valence-electron chi connectivity index (χ0n) is 11.8. The Bertz CT molecular complexity index is 717. The molecule has 0 aromatic heterocycles. The fourth-order valence-electron chi connectivity index (χ4n) is 1.78. The summed E-state index contributed by atoms with van der Waals surface area (Å²) in [6, 6.07) is 10.6. The van der Waals surface area contributed by atoms with E-state index in [0.717, 1.165) is 0 Å². The van der Waals surface area contributed by atoms with Crippen molar-refractivity contribution in [2.45, 2.75) is 6.54 Å². The summed E-state index contributed by atoms with van der Waals surface area (Å²) in [6.07, 6.45) is 0. The standard InChI is InChI=1S/C16H12Cl2FNO3/c17-11-5-3-6-12(18)15(11)16(22)23-9-14(21)20-8-10-4-1-2-7-13(10)19/h1-7H,8-9H2,(H,20,21). The normalized spacial score (nSPS) is 10.2. The summed E-state index contributed by atoms with van der Waals surface area (Å²) in [5.41, 5.74) is 0.332. The van der Waals surface area contributed by atoms with Gasteiger partial charge in [-0.1, -0.05) is 47.5 Å². The predicted molar refractivity (Wildman–Crippen MR) is 85.0 cm³/mol. The van der Waals surface area contributed by atoms with Crippen LogP contribution < -0.4 is 5.32 Å². The Morgan fingerprint density at radius 3 is 2.35 bits per heavy atom. The topological polar surface area (TPSA) is 55.4 Å². The molecule has 1 N–H and O–H groups in total. The average molecular weight is 356 g/mol. The number of benzene rings is 2. The molecule has 1 amide bonds. The van der Waals surface area contributed by atoms with Gasteiger partial charge in [-0.15, -0.1) is 0 Å². The highest BCUT2D eigenvalue weighted by Gasteiger charge is 2.17. The lowest BCUT2D eigenvalue weighted by Gasteiger charge is -2.09. The fraction of sp³-hybridized carbons (Fsp3) is 0.125. The summed E-state index contributed by atoms with van der Waals surface area (Å²) in [6.45, 7) is -0.523. The predicted octanol–water partition coefficient (Wildman–Crippen LogP) is 3.61. The third kappa shape index (κ3) is 4.68. The van der Waals surface area contributed by atoms with Crippen LogP contribution in [0.25, 0.3) is 0 Å². The number of amides is 1. The number of halogens is 3. The lowest BCUT2D eigenvalue weighted by Crippen LogP contribution is -2.28. The number of carbonyl (C=O) groups is 2. The highest BCUT2D eigenvalue weighted by Crippen LogP contribution is 2.24. The smallest absolute Gasteiger partial charge is 0.341 e. The SMILES string of the molecule is O=C(COC(=O)c1c(Cl)cccc1Cl)NCc1ccccc1F. The molecule has 23 heavy (non-hydrogen) atoms. The minimum atomic E-state index is -0.804. The van der Waals surface area contributed by atoms with Crippen LogP contribution >= 0.6 is 23.2 Å². The van der Waals surface area contributed by atoms with Gasteiger partial charge in [-0.05, 0) is 18.2 Å². The van der Waals surface area contributed by atoms with Gasteiger partial charge in [-0.25, -0.2) is 9.18 Å². The lowest BCUT2D eigenvalue weighted by molar-refractivity contribution is -0.124. The van der Waals surface area contributed by atoms with Gasteiger partial charge in [-0.2, -0.15) is 0 Å². The van der Waals surface area contributed by atoms with E-state index in [-0.39, 0.29) is 22.2 Å². The maximum absolute atomic E-state index is 13.4. The van der Waals surface area contributed by atoms with Crippen LogP contribution in [0.3, 0.4) is 0 Å². The van der Waals surface area contributed by atoms with Crippen LogP contribution in [0, 0.1) is 5.82 Å². The summed E-state index contributed by atoms with van der Waals surface area (Å²) >= 11 is 11.7. The second kappa shape index (κ2) is 7.94. The molecule has 4 nitrogen and oxygen atoms in total. The largest absolute Gasteiger partial charge is 0.452 e. The molecule has 0 saturated carbocycles. The van der Waals surface area contributed by atoms with Crippen LogP contribution in [0.1, 0.15) is 15.9 Å². The number of hydrogen-bond donors (Lipinski definition) is 1. The molecule has 0 atom stereocenters. The highest BCUT2D eigenvalue weighted by molar-refractivity contribution is 6.39. The van der Waals surface area contributed by atoms with Gasteiger partial charge < -0.3 is 10.1 Å². The van der Waals surface area contributed by atoms with E-state index in [1.165, 1.54) is 18.2 Å². The van der Waals surface area contributed by atoms with E-state index >= 15 is 0 Å². The molecule has 0 heterocycles. The Morgan fingerprint density at radius 2 is 1.70 bits per heavy atom. The maximum Gasteiger partial charge on any atom is 0.341 e. The summed E-state index contributed by atoms with van der Waals surface area (Å²) in [5, 5.41) is 2.72. The Kier molecular flexibility index (Phi) is 5.96. The van der Waals surface area contributed by atoms with E-state index in [1.807, 2.05) is 0 Å². The first kappa shape index (κ1) is 17.2. The number of ether oxygens (including phenoxy) is 1. The van der Waals surface area contributed by atoms with Gasteiger partial charge in [0, 0.05) is 12.1 Å². The molecule has 0 aliphatic carbocycles. The third-order valence-corrected chi connectivity index (χ3v) is 3.57. The van der Waals surface area contributed by atoms with Crippen LogP contribution in [0.4, 0.5) is 4.39 Å². The summed E-state index contributed by atoms with van der Waals surface area (Å²) in [4.78, 5) is 23.5. The van der Waals surface area contributed by atoms with Crippen molar-refractivity contribution in [2.24, 2.45) is 0 Å². The average Bonchev–Trinajstić information content (AvgIpc) is 2.52. The van der Waals surface area contributed by atoms with E-state index < -0.39 is 24.3 Å². The van der Waals surface area contributed by atoms with Gasteiger partial charge in [0.1, 0.15) is 5.82 Å². The van der Waals surface area contributed by atoms with Crippen molar-refractivity contribution in [3.8, 4) is 0 Å². The first-order valence-corrected chi connectivity index (χ1v) is 7.36. The zero-order valence-corrected chi connectivity index (χ0v) is 13.3. The van der Waals surface area contributed by atoms with Gasteiger partial charge in [-0.3, -0.25) is 4.79 Å². The Balaban J connectivity index is 1.87. The third-order valence-electron chi connectivity index (χ3n) is 2.94. The highest BCUT2D eigenvalue weighted by atomic mass is 35.5. The minimum Gasteiger partial charge on any atom is -0.452 e. The van der Waals surface area contributed by atoms with Gasteiger partial charge >= 0.3 is 5.97 Å². The van der Waals surface area contributed by atoms with Gasteiger partial charge in [0.05, 0.1) is 15.6 Å². The molecule has 120 valence electrons. The monoisotopic (exact) mass is 355 g/mol. The van der Waals surface area contributed by atoms with E-state index in [1.54, 1.807) is 24.3 Å². The minimum absolute atomic E-state index is 0.00210. The van der Waals surface area contributed by atoms with Crippen LogP contribution in [-0.4, -0.2) is 18.5 Å². The number of hydrogen-bond acceptors (Lipinski definition) is 3. The Labute approximate surface area is 142 Å². The molecule has 0 aliphatic rings. The quantitative estimate of drug-likeness (QED) is 0.833. The lowest BCUT2D eigenvalue weighted by atomic mass is 10.2. The number of esters is 1. The maximum atomic E-state index is 13.4. The van der Waals surface area contributed by atoms with Crippen molar-refractivity contribution >= 4 is 35.1 Å². The summed E-state index contributed by atoms with van der Waals surface area (Å²) in [5.74, 6) is -1.79. The first-order chi connectivity index (χ1) is 11.0. The molecule has 0 unspecified atom stereocenters. The molecule has 0 radical (unpaired) electrons. The van der Waals surface area contributed by atoms with E-state index in [9.17, 15) is 14.0 Å². The molecule has 0 spiro atoms. The van der Waals surface area contributed by atoms with Crippen molar-refractivity contribution in [3.05, 3.63) is 69.5 Å². The molecule has 2 aromatic rings. The second-order valence-electron chi connectivity index (χ2n) is 4.54. The summed E-state index contributed by atoms with van der Waals surface area (Å²) in [7, 11) is 0. The molecule has 0 aliphatic heterocycles. The van der Waals surface area contributed by atoms with Crippen molar-refractivity contribution in [3.63, 3.8) is 0 Å². The molecular formula is C16H12Cl2FNO3. The Hall–Kier alpha value is -2.11. The fourth-order valence-corrected chi connectivity index (χ4v) is 2.33. The van der Waals surface area contributed by atoms with Crippen molar-refractivity contribution in [1.82, 2.24) is 5.32 Å². The zero-order chi connectivity index (χ0) is 16.8. The van der Waals surface area contributed by atoms with Crippen molar-refractivity contribution in [1.29, 1.82) is 0 Å². The van der Waals surface area contributed by atoms with Crippen LogP contribution in [0.5, 0.6) is 0 Å². The van der Waals surface area contributed by atoms with E-state index in [2.05, 4.69) is 5.32 Å². The van der Waals surface area contributed by atoms with Crippen LogP contribution in [0.15, 0.2) is 42.5 Å². The van der Waals surface area contributed by atoms with Gasteiger partial charge in [0.2, 0.25) is 0 Å². The Morgan fingerprint density at radius 1 is 1.04 bits per heavy atom. The van der Waals surface area contributed by atoms with E-state index in [4.69, 9.17) is 27.9 Å². The molecule has 7 heteroatoms. The van der Waals surface area contributed by atoms with Crippen molar-refractivity contribution < 1.29 is 18.7 Å². The van der Waals surface area contributed by atoms with Crippen LogP contribution in [-0.2, 0) is 16.1 Å². The molecule has 0 saturated heterocycles. The summed E-state index contributed by atoms with van der Waals surface area (Å²) < 4.78 is 18.3. The van der Waals surface area contributed by atoms with Gasteiger partial charge in [0.15, 0.2) is 6.61 Å². The van der Waals surface area contributed by atoms with Crippen molar-refractivity contribution in [2.75, 3.05) is 6.61 Å². The number of carbonyl (C=O) groups excluding carboxylic acids is 2. The number of rotatable bonds is 5. The second-order valence-corrected chi connectivity index (χ2v) is 5.36. The van der Waals surface area contributed by atoms with Crippen LogP contribution in [0.2, 0.25) is 10.0 Å². The molecule has 0 fully saturated rings. The molecule has 2 rings (SSSR count). The first-order valence-electron chi connectivity index (χ1n) is 6.60. The van der Waals surface area contributed by atoms with Gasteiger partial charge in [0.25, 0.3) is 5.91 Å². The molecular weight excluding hydrogens is 344 g/mol.